The van der Waals surface area contributed by atoms with E-state index < -0.39 is 12.0 Å². The minimum Gasteiger partial charge on any atom is -0.493 e. The SMILES string of the molecule is COc1ccc(C2CCCC(C(=O)O)N2)cc1OC. The van der Waals surface area contributed by atoms with Gasteiger partial charge in [-0.15, -0.1) is 0 Å². The van der Waals surface area contributed by atoms with Crippen LogP contribution in [0, 0.1) is 0 Å². The Morgan fingerprint density at radius 1 is 1.26 bits per heavy atom. The molecule has 0 aliphatic carbocycles. The number of carbonyl (C=O) groups is 1. The predicted octanol–water partition coefficient (Wildman–Crippen LogP) is 1.97. The summed E-state index contributed by atoms with van der Waals surface area (Å²) in [5.74, 6) is 0.557. The fourth-order valence-electron chi connectivity index (χ4n) is 2.46. The molecule has 19 heavy (non-hydrogen) atoms. The van der Waals surface area contributed by atoms with Gasteiger partial charge in [0.15, 0.2) is 11.5 Å². The molecule has 1 heterocycles. The average molecular weight is 265 g/mol. The predicted molar refractivity (Wildman–Crippen MR) is 70.7 cm³/mol. The first kappa shape index (κ1) is 13.7. The van der Waals surface area contributed by atoms with Crippen molar-refractivity contribution >= 4 is 5.97 Å². The van der Waals surface area contributed by atoms with Gasteiger partial charge in [0.1, 0.15) is 6.04 Å². The lowest BCUT2D eigenvalue weighted by Gasteiger charge is -2.29. The van der Waals surface area contributed by atoms with Crippen LogP contribution in [0.2, 0.25) is 0 Å². The second kappa shape index (κ2) is 5.93. The molecule has 1 saturated heterocycles. The zero-order valence-electron chi connectivity index (χ0n) is 11.2. The molecule has 104 valence electrons. The highest BCUT2D eigenvalue weighted by Crippen LogP contribution is 2.33. The van der Waals surface area contributed by atoms with Gasteiger partial charge >= 0.3 is 5.97 Å². The Morgan fingerprint density at radius 2 is 2.00 bits per heavy atom. The summed E-state index contributed by atoms with van der Waals surface area (Å²) in [7, 11) is 3.19. The van der Waals surface area contributed by atoms with E-state index in [9.17, 15) is 4.79 Å². The van der Waals surface area contributed by atoms with E-state index in [-0.39, 0.29) is 6.04 Å². The second-order valence-electron chi connectivity index (χ2n) is 4.66. The van der Waals surface area contributed by atoms with Crippen LogP contribution in [0.15, 0.2) is 18.2 Å². The van der Waals surface area contributed by atoms with Gasteiger partial charge in [-0.1, -0.05) is 6.07 Å². The Bertz CT molecular complexity index is 461. The maximum Gasteiger partial charge on any atom is 0.320 e. The Morgan fingerprint density at radius 3 is 2.63 bits per heavy atom. The van der Waals surface area contributed by atoms with Gasteiger partial charge in [-0.2, -0.15) is 0 Å². The number of hydrogen-bond donors (Lipinski definition) is 2. The van der Waals surface area contributed by atoms with Crippen molar-refractivity contribution in [2.45, 2.75) is 31.3 Å². The van der Waals surface area contributed by atoms with Crippen LogP contribution in [-0.4, -0.2) is 31.3 Å². The van der Waals surface area contributed by atoms with Crippen LogP contribution in [0.1, 0.15) is 30.9 Å². The number of nitrogens with one attached hydrogen (secondary N) is 1. The van der Waals surface area contributed by atoms with Gasteiger partial charge in [0.05, 0.1) is 14.2 Å². The lowest BCUT2D eigenvalue weighted by Crippen LogP contribution is -2.42. The molecule has 0 aromatic heterocycles. The first-order valence-electron chi connectivity index (χ1n) is 6.36. The molecule has 5 nitrogen and oxygen atoms in total. The molecule has 1 fully saturated rings. The molecule has 0 saturated carbocycles. The third-order valence-corrected chi connectivity index (χ3v) is 3.50. The summed E-state index contributed by atoms with van der Waals surface area (Å²) < 4.78 is 10.5. The molecule has 2 rings (SSSR count). The molecule has 0 amide bonds. The zero-order chi connectivity index (χ0) is 13.8. The molecule has 0 bridgehead atoms. The number of aliphatic carboxylic acids is 1. The molecule has 1 aromatic rings. The molecular formula is C14H19NO4. The average Bonchev–Trinajstić information content (AvgIpc) is 2.46. The molecular weight excluding hydrogens is 246 g/mol. The number of hydrogen-bond acceptors (Lipinski definition) is 4. The van der Waals surface area contributed by atoms with E-state index in [1.807, 2.05) is 18.2 Å². The quantitative estimate of drug-likeness (QED) is 0.871. The van der Waals surface area contributed by atoms with Crippen LogP contribution in [0.3, 0.4) is 0 Å². The van der Waals surface area contributed by atoms with E-state index in [0.29, 0.717) is 17.9 Å². The van der Waals surface area contributed by atoms with Crippen molar-refractivity contribution in [3.05, 3.63) is 23.8 Å². The molecule has 1 aliphatic heterocycles. The summed E-state index contributed by atoms with van der Waals surface area (Å²) in [6, 6.07) is 5.28. The van der Waals surface area contributed by atoms with E-state index in [0.717, 1.165) is 18.4 Å². The number of benzene rings is 1. The van der Waals surface area contributed by atoms with Gasteiger partial charge in [0.25, 0.3) is 0 Å². The van der Waals surface area contributed by atoms with Crippen LogP contribution >= 0.6 is 0 Å². The monoisotopic (exact) mass is 265 g/mol. The fourth-order valence-corrected chi connectivity index (χ4v) is 2.46. The van der Waals surface area contributed by atoms with Crippen molar-refractivity contribution in [1.82, 2.24) is 5.32 Å². The summed E-state index contributed by atoms with van der Waals surface area (Å²) in [5.41, 5.74) is 1.03. The maximum atomic E-state index is 11.0. The minimum absolute atomic E-state index is 0.0506. The first-order valence-corrected chi connectivity index (χ1v) is 6.36. The van der Waals surface area contributed by atoms with E-state index in [1.165, 1.54) is 0 Å². The van der Waals surface area contributed by atoms with Gasteiger partial charge in [-0.25, -0.2) is 0 Å². The Kier molecular flexibility index (Phi) is 4.27. The highest BCUT2D eigenvalue weighted by Gasteiger charge is 2.27. The number of carboxylic acids is 1. The smallest absolute Gasteiger partial charge is 0.320 e. The topological polar surface area (TPSA) is 67.8 Å². The third-order valence-electron chi connectivity index (χ3n) is 3.50. The van der Waals surface area contributed by atoms with Gasteiger partial charge in [-0.3, -0.25) is 10.1 Å². The summed E-state index contributed by atoms with van der Waals surface area (Å²) in [6.45, 7) is 0. The zero-order valence-corrected chi connectivity index (χ0v) is 11.2. The third kappa shape index (κ3) is 2.98. The van der Waals surface area contributed by atoms with Crippen molar-refractivity contribution in [3.63, 3.8) is 0 Å². The standard InChI is InChI=1S/C14H19NO4/c1-18-12-7-6-9(8-13(12)19-2)10-4-3-5-11(15-10)14(16)17/h6-8,10-11,15H,3-5H2,1-2H3,(H,16,17). The Hall–Kier alpha value is -1.75. The van der Waals surface area contributed by atoms with E-state index in [2.05, 4.69) is 5.32 Å². The number of piperidine rings is 1. The van der Waals surface area contributed by atoms with Crippen molar-refractivity contribution in [2.24, 2.45) is 0 Å². The van der Waals surface area contributed by atoms with E-state index in [4.69, 9.17) is 14.6 Å². The van der Waals surface area contributed by atoms with Crippen LogP contribution in [0.5, 0.6) is 11.5 Å². The lowest BCUT2D eigenvalue weighted by atomic mass is 9.93. The minimum atomic E-state index is -0.787. The summed E-state index contributed by atoms with van der Waals surface area (Å²) >= 11 is 0. The summed E-state index contributed by atoms with van der Waals surface area (Å²) in [6.07, 6.45) is 2.52. The number of rotatable bonds is 4. The Balaban J connectivity index is 2.19. The molecule has 1 aliphatic rings. The number of ether oxygens (including phenoxy) is 2. The molecule has 0 spiro atoms. The normalized spacial score (nSPS) is 22.8. The lowest BCUT2D eigenvalue weighted by molar-refractivity contribution is -0.140. The second-order valence-corrected chi connectivity index (χ2v) is 4.66. The number of carboxylic acid groups (broad SMARTS) is 1. The molecule has 2 unspecified atom stereocenters. The molecule has 5 heteroatoms. The van der Waals surface area contributed by atoms with E-state index in [1.54, 1.807) is 14.2 Å². The molecule has 2 atom stereocenters. The largest absolute Gasteiger partial charge is 0.493 e. The first-order chi connectivity index (χ1) is 9.15. The number of methoxy groups -OCH3 is 2. The van der Waals surface area contributed by atoms with Crippen molar-refractivity contribution in [2.75, 3.05) is 14.2 Å². The molecule has 1 aromatic carbocycles. The van der Waals surface area contributed by atoms with Gasteiger partial charge in [0, 0.05) is 6.04 Å². The van der Waals surface area contributed by atoms with Gasteiger partial charge < -0.3 is 14.6 Å². The van der Waals surface area contributed by atoms with Gasteiger partial charge in [-0.05, 0) is 37.0 Å². The molecule has 0 radical (unpaired) electrons. The Labute approximate surface area is 112 Å². The maximum absolute atomic E-state index is 11.0. The van der Waals surface area contributed by atoms with Crippen LogP contribution in [0.4, 0.5) is 0 Å². The molecule has 2 N–H and O–H groups in total. The van der Waals surface area contributed by atoms with Gasteiger partial charge in [0.2, 0.25) is 0 Å². The van der Waals surface area contributed by atoms with Crippen molar-refractivity contribution in [1.29, 1.82) is 0 Å². The highest BCUT2D eigenvalue weighted by atomic mass is 16.5. The van der Waals surface area contributed by atoms with E-state index >= 15 is 0 Å². The summed E-state index contributed by atoms with van der Waals surface area (Å²) in [5, 5.41) is 12.2. The van der Waals surface area contributed by atoms with Crippen molar-refractivity contribution in [3.8, 4) is 11.5 Å². The van der Waals surface area contributed by atoms with Crippen molar-refractivity contribution < 1.29 is 19.4 Å². The van der Waals surface area contributed by atoms with Crippen LogP contribution < -0.4 is 14.8 Å². The fraction of sp³-hybridized carbons (Fsp3) is 0.500. The highest BCUT2D eigenvalue weighted by molar-refractivity contribution is 5.73. The van der Waals surface area contributed by atoms with Crippen LogP contribution in [0.25, 0.3) is 0 Å². The summed E-state index contributed by atoms with van der Waals surface area (Å²) in [4.78, 5) is 11.0. The van der Waals surface area contributed by atoms with Crippen LogP contribution in [-0.2, 0) is 4.79 Å².